The third kappa shape index (κ3) is 4.36. The van der Waals surface area contributed by atoms with Gasteiger partial charge in [-0.05, 0) is 35.9 Å². The second kappa shape index (κ2) is 7.36. The number of nitrogens with zero attached hydrogens (tertiary/aromatic N) is 1. The summed E-state index contributed by atoms with van der Waals surface area (Å²) in [5, 5.41) is 7.24. The Hall–Kier alpha value is -2.86. The smallest absolute Gasteiger partial charge is 0.410 e. The third-order valence-electron chi connectivity index (χ3n) is 3.69. The van der Waals surface area contributed by atoms with E-state index in [1.165, 1.54) is 0 Å². The first kappa shape index (κ1) is 17.0. The van der Waals surface area contributed by atoms with Gasteiger partial charge in [0.05, 0.1) is 5.71 Å². The van der Waals surface area contributed by atoms with Gasteiger partial charge in [0, 0.05) is 23.0 Å². The zero-order chi connectivity index (χ0) is 17.8. The second-order valence-corrected chi connectivity index (χ2v) is 6.12. The van der Waals surface area contributed by atoms with Crippen molar-refractivity contribution in [3.05, 3.63) is 59.1 Å². The van der Waals surface area contributed by atoms with E-state index in [2.05, 4.69) is 15.8 Å². The van der Waals surface area contributed by atoms with Crippen molar-refractivity contribution in [1.82, 2.24) is 5.43 Å². The van der Waals surface area contributed by atoms with Crippen LogP contribution in [-0.4, -0.2) is 17.7 Å². The molecule has 0 bridgehead atoms. The number of carbonyl (C=O) groups is 2. The Balaban J connectivity index is 1.64. The topological polar surface area (TPSA) is 79.8 Å². The number of hydrazone groups is 1. The zero-order valence-electron chi connectivity index (χ0n) is 13.5. The van der Waals surface area contributed by atoms with Crippen molar-refractivity contribution in [2.24, 2.45) is 11.0 Å². The molecule has 6 nitrogen and oxygen atoms in total. The average molecular weight is 358 g/mol. The first-order valence-electron chi connectivity index (χ1n) is 7.72. The largest absolute Gasteiger partial charge is 0.417 e. The van der Waals surface area contributed by atoms with Crippen molar-refractivity contribution >= 4 is 35.0 Å². The molecule has 1 unspecified atom stereocenters. The highest BCUT2D eigenvalue weighted by Crippen LogP contribution is 2.20. The van der Waals surface area contributed by atoms with E-state index in [1.54, 1.807) is 36.4 Å². The number of carbonyl (C=O) groups excluding carboxylic acids is 2. The molecule has 0 saturated carbocycles. The molecule has 2 aromatic rings. The van der Waals surface area contributed by atoms with E-state index < -0.39 is 6.09 Å². The van der Waals surface area contributed by atoms with E-state index in [0.29, 0.717) is 22.9 Å². The maximum Gasteiger partial charge on any atom is 0.417 e. The summed E-state index contributed by atoms with van der Waals surface area (Å²) in [6.45, 7) is 1.95. The minimum atomic E-state index is -0.606. The van der Waals surface area contributed by atoms with Crippen LogP contribution in [0.15, 0.2) is 53.6 Å². The lowest BCUT2D eigenvalue weighted by Crippen LogP contribution is -2.31. The van der Waals surface area contributed by atoms with Crippen LogP contribution in [0.5, 0.6) is 5.75 Å². The summed E-state index contributed by atoms with van der Waals surface area (Å²) in [6.07, 6.45) is -0.198. The lowest BCUT2D eigenvalue weighted by molar-refractivity contribution is -0.121. The molecular formula is C18H16ClN3O3. The van der Waals surface area contributed by atoms with Crippen molar-refractivity contribution < 1.29 is 14.3 Å². The van der Waals surface area contributed by atoms with E-state index in [-0.39, 0.29) is 11.8 Å². The van der Waals surface area contributed by atoms with Crippen LogP contribution in [-0.2, 0) is 4.79 Å². The number of nitrogens with one attached hydrogen (secondary N) is 2. The van der Waals surface area contributed by atoms with E-state index in [4.69, 9.17) is 16.3 Å². The molecule has 0 saturated heterocycles. The summed E-state index contributed by atoms with van der Waals surface area (Å²) >= 11 is 5.85. The first-order valence-corrected chi connectivity index (χ1v) is 8.10. The maximum atomic E-state index is 11.9. The molecule has 7 heteroatoms. The number of halogens is 1. The standard InChI is InChI=1S/C18H16ClN3O3/c1-11-9-16(23)21-22-17(11)12-5-7-14(8-6-12)20-18(24)25-15-4-2-3-13(19)10-15/h2-8,10-11H,9H2,1H3,(H,20,24)(H,21,23). The van der Waals surface area contributed by atoms with Crippen molar-refractivity contribution in [2.75, 3.05) is 5.32 Å². The SMILES string of the molecule is CC1CC(=O)NN=C1c1ccc(NC(=O)Oc2cccc(Cl)c2)cc1. The summed E-state index contributed by atoms with van der Waals surface area (Å²) in [5.74, 6) is 0.321. The Morgan fingerprint density at radius 2 is 2.04 bits per heavy atom. The Labute approximate surface area is 149 Å². The van der Waals surface area contributed by atoms with Crippen LogP contribution in [0.1, 0.15) is 18.9 Å². The molecule has 1 aliphatic heterocycles. The summed E-state index contributed by atoms with van der Waals surface area (Å²) in [4.78, 5) is 23.2. The first-order chi connectivity index (χ1) is 12.0. The predicted molar refractivity (Wildman–Crippen MR) is 96.0 cm³/mol. The van der Waals surface area contributed by atoms with Crippen LogP contribution in [0, 0.1) is 5.92 Å². The molecule has 2 N–H and O–H groups in total. The Kier molecular flexibility index (Phi) is 5.00. The van der Waals surface area contributed by atoms with E-state index in [1.807, 2.05) is 19.1 Å². The van der Waals surface area contributed by atoms with Gasteiger partial charge in [-0.15, -0.1) is 0 Å². The molecule has 0 spiro atoms. The molecule has 0 radical (unpaired) electrons. The maximum absolute atomic E-state index is 11.9. The van der Waals surface area contributed by atoms with Gasteiger partial charge in [0.25, 0.3) is 0 Å². The highest BCUT2D eigenvalue weighted by atomic mass is 35.5. The molecule has 0 fully saturated rings. The fourth-order valence-corrected chi connectivity index (χ4v) is 2.69. The van der Waals surface area contributed by atoms with Crippen molar-refractivity contribution in [3.63, 3.8) is 0 Å². The molecule has 25 heavy (non-hydrogen) atoms. The minimum absolute atomic E-state index is 0.0420. The quantitative estimate of drug-likeness (QED) is 0.876. The summed E-state index contributed by atoms with van der Waals surface area (Å²) in [5.41, 5.74) is 4.78. The van der Waals surface area contributed by atoms with Crippen LogP contribution < -0.4 is 15.5 Å². The molecule has 2 aromatic carbocycles. The van der Waals surface area contributed by atoms with E-state index in [0.717, 1.165) is 11.3 Å². The molecule has 3 rings (SSSR count). The monoisotopic (exact) mass is 357 g/mol. The normalized spacial score (nSPS) is 16.6. The summed E-state index contributed by atoms with van der Waals surface area (Å²) in [7, 11) is 0. The Morgan fingerprint density at radius 3 is 2.72 bits per heavy atom. The number of hydrogen-bond donors (Lipinski definition) is 2. The molecule has 0 aliphatic carbocycles. The van der Waals surface area contributed by atoms with Crippen molar-refractivity contribution in [1.29, 1.82) is 0 Å². The van der Waals surface area contributed by atoms with Gasteiger partial charge >= 0.3 is 6.09 Å². The van der Waals surface area contributed by atoms with Gasteiger partial charge in [0.2, 0.25) is 5.91 Å². The van der Waals surface area contributed by atoms with Gasteiger partial charge in [0.1, 0.15) is 5.75 Å². The number of hydrogen-bond acceptors (Lipinski definition) is 4. The van der Waals surface area contributed by atoms with Crippen LogP contribution in [0.2, 0.25) is 5.02 Å². The molecule has 128 valence electrons. The highest BCUT2D eigenvalue weighted by Gasteiger charge is 2.21. The summed E-state index contributed by atoms with van der Waals surface area (Å²) < 4.78 is 5.17. The van der Waals surface area contributed by atoms with Gasteiger partial charge in [-0.3, -0.25) is 10.1 Å². The van der Waals surface area contributed by atoms with Crippen LogP contribution in [0.3, 0.4) is 0 Å². The number of ether oxygens (including phenoxy) is 1. The Bertz CT molecular complexity index is 834. The molecule has 1 heterocycles. The van der Waals surface area contributed by atoms with Crippen molar-refractivity contribution in [3.8, 4) is 5.75 Å². The van der Waals surface area contributed by atoms with Gasteiger partial charge in [-0.2, -0.15) is 5.10 Å². The van der Waals surface area contributed by atoms with E-state index in [9.17, 15) is 9.59 Å². The lowest BCUT2D eigenvalue weighted by Gasteiger charge is -2.19. The van der Waals surface area contributed by atoms with E-state index >= 15 is 0 Å². The fraction of sp³-hybridized carbons (Fsp3) is 0.167. The van der Waals surface area contributed by atoms with Gasteiger partial charge in [-0.1, -0.05) is 36.7 Å². The number of anilines is 1. The van der Waals surface area contributed by atoms with Crippen molar-refractivity contribution in [2.45, 2.75) is 13.3 Å². The lowest BCUT2D eigenvalue weighted by atomic mass is 9.94. The number of rotatable bonds is 3. The third-order valence-corrected chi connectivity index (χ3v) is 3.93. The minimum Gasteiger partial charge on any atom is -0.410 e. The van der Waals surface area contributed by atoms with Crippen LogP contribution >= 0.6 is 11.6 Å². The van der Waals surface area contributed by atoms with Crippen LogP contribution in [0.4, 0.5) is 10.5 Å². The molecule has 0 aromatic heterocycles. The highest BCUT2D eigenvalue weighted by molar-refractivity contribution is 6.30. The fourth-order valence-electron chi connectivity index (χ4n) is 2.51. The zero-order valence-corrected chi connectivity index (χ0v) is 14.2. The molecule has 2 amide bonds. The Morgan fingerprint density at radius 1 is 1.28 bits per heavy atom. The van der Waals surface area contributed by atoms with Gasteiger partial charge < -0.3 is 4.74 Å². The molecule has 1 atom stereocenters. The van der Waals surface area contributed by atoms with Crippen LogP contribution in [0.25, 0.3) is 0 Å². The van der Waals surface area contributed by atoms with Gasteiger partial charge in [0.15, 0.2) is 0 Å². The number of benzene rings is 2. The molecular weight excluding hydrogens is 342 g/mol. The second-order valence-electron chi connectivity index (χ2n) is 5.69. The summed E-state index contributed by atoms with van der Waals surface area (Å²) in [6, 6.07) is 13.8. The molecule has 1 aliphatic rings. The van der Waals surface area contributed by atoms with Gasteiger partial charge in [-0.25, -0.2) is 10.2 Å². The predicted octanol–water partition coefficient (Wildman–Crippen LogP) is 3.81. The average Bonchev–Trinajstić information content (AvgIpc) is 2.56. The number of amides is 2.